The highest BCUT2D eigenvalue weighted by molar-refractivity contribution is 6.02. The number of H-pyrrole nitrogens is 1. The fourth-order valence-electron chi connectivity index (χ4n) is 3.09. The topological polar surface area (TPSA) is 62.7 Å². The van der Waals surface area contributed by atoms with Crippen molar-refractivity contribution in [1.29, 1.82) is 0 Å². The summed E-state index contributed by atoms with van der Waals surface area (Å²) < 4.78 is 1.88. The number of amides is 1. The molecule has 0 fully saturated rings. The van der Waals surface area contributed by atoms with Crippen LogP contribution in [0.15, 0.2) is 61.1 Å². The van der Waals surface area contributed by atoms with E-state index in [0.29, 0.717) is 0 Å². The number of anilines is 1. The van der Waals surface area contributed by atoms with E-state index in [9.17, 15) is 4.79 Å². The zero-order valence-electron chi connectivity index (χ0n) is 14.8. The lowest BCUT2D eigenvalue weighted by Gasteiger charge is -2.03. The van der Waals surface area contributed by atoms with Gasteiger partial charge in [0.2, 0.25) is 5.91 Å². The van der Waals surface area contributed by atoms with Gasteiger partial charge in [-0.05, 0) is 41.8 Å². The van der Waals surface area contributed by atoms with E-state index in [1.54, 1.807) is 0 Å². The van der Waals surface area contributed by atoms with Gasteiger partial charge in [0.1, 0.15) is 0 Å². The van der Waals surface area contributed by atoms with Crippen molar-refractivity contribution in [3.8, 4) is 16.8 Å². The zero-order chi connectivity index (χ0) is 18.1. The highest BCUT2D eigenvalue weighted by atomic mass is 16.1. The molecule has 2 aromatic heterocycles. The number of nitrogens with one attached hydrogen (secondary N) is 2. The van der Waals surface area contributed by atoms with E-state index < -0.39 is 0 Å². The molecule has 5 nitrogen and oxygen atoms in total. The molecular weight excluding hydrogens is 324 g/mol. The van der Waals surface area contributed by atoms with Gasteiger partial charge in [0.15, 0.2) is 0 Å². The number of aromatic amines is 1. The fraction of sp³-hybridized carbons (Fsp3) is 0.143. The Morgan fingerprint density at radius 3 is 2.69 bits per heavy atom. The second kappa shape index (κ2) is 6.52. The van der Waals surface area contributed by atoms with Crippen LogP contribution in [0, 0.1) is 0 Å². The minimum absolute atomic E-state index is 0.0837. The molecule has 0 atom stereocenters. The lowest BCUT2D eigenvalue weighted by atomic mass is 10.1. The van der Waals surface area contributed by atoms with E-state index in [1.165, 1.54) is 12.5 Å². The number of rotatable bonds is 4. The first-order valence-corrected chi connectivity index (χ1v) is 8.67. The second-order valence-corrected chi connectivity index (χ2v) is 6.34. The molecule has 4 aromatic rings. The molecular formula is C21H20N4O. The van der Waals surface area contributed by atoms with Gasteiger partial charge in [0.25, 0.3) is 0 Å². The molecule has 0 bridgehead atoms. The number of benzene rings is 2. The highest BCUT2D eigenvalue weighted by Crippen LogP contribution is 2.29. The van der Waals surface area contributed by atoms with E-state index >= 15 is 0 Å². The van der Waals surface area contributed by atoms with E-state index in [0.717, 1.165) is 39.8 Å². The van der Waals surface area contributed by atoms with Crippen molar-refractivity contribution in [2.75, 3.05) is 5.32 Å². The summed E-state index contributed by atoms with van der Waals surface area (Å²) in [5.74, 6) is -0.0837. The number of fused-ring (bicyclic) bond motifs is 1. The molecule has 2 N–H and O–H groups in total. The van der Waals surface area contributed by atoms with E-state index in [-0.39, 0.29) is 5.91 Å². The Morgan fingerprint density at radius 1 is 1.15 bits per heavy atom. The molecule has 26 heavy (non-hydrogen) atoms. The van der Waals surface area contributed by atoms with Crippen molar-refractivity contribution in [2.45, 2.75) is 20.3 Å². The second-order valence-electron chi connectivity index (χ2n) is 6.34. The summed E-state index contributed by atoms with van der Waals surface area (Å²) >= 11 is 0. The van der Waals surface area contributed by atoms with Gasteiger partial charge < -0.3 is 10.3 Å². The molecule has 0 unspecified atom stereocenters. The van der Waals surface area contributed by atoms with E-state index in [1.807, 2.05) is 29.3 Å². The molecule has 2 heterocycles. The molecule has 0 saturated heterocycles. The average Bonchev–Trinajstić information content (AvgIpc) is 3.29. The Morgan fingerprint density at radius 2 is 1.96 bits per heavy atom. The summed E-state index contributed by atoms with van der Waals surface area (Å²) in [6.07, 6.45) is 6.72. The van der Waals surface area contributed by atoms with Crippen LogP contribution in [-0.4, -0.2) is 20.7 Å². The largest absolute Gasteiger partial charge is 0.359 e. The molecule has 0 aliphatic heterocycles. The Hall–Kier alpha value is -3.34. The summed E-state index contributed by atoms with van der Waals surface area (Å²) in [6.45, 7) is 3.66. The zero-order valence-corrected chi connectivity index (χ0v) is 14.8. The molecule has 0 radical (unpaired) electrons. The van der Waals surface area contributed by atoms with Crippen LogP contribution < -0.4 is 5.32 Å². The third kappa shape index (κ3) is 2.99. The smallest absolute Gasteiger partial charge is 0.221 e. The highest BCUT2D eigenvalue weighted by Gasteiger charge is 2.09. The molecule has 0 spiro atoms. The molecule has 1 amide bonds. The van der Waals surface area contributed by atoms with Crippen molar-refractivity contribution in [3.05, 3.63) is 66.6 Å². The number of aromatic nitrogens is 3. The van der Waals surface area contributed by atoms with Crippen LogP contribution in [0.1, 0.15) is 19.4 Å². The Bertz CT molecular complexity index is 1070. The molecule has 0 saturated carbocycles. The maximum absolute atomic E-state index is 11.4. The van der Waals surface area contributed by atoms with Crippen molar-refractivity contribution >= 4 is 22.5 Å². The summed E-state index contributed by atoms with van der Waals surface area (Å²) in [7, 11) is 0. The molecule has 0 aliphatic carbocycles. The number of hydrogen-bond acceptors (Lipinski definition) is 2. The van der Waals surface area contributed by atoms with Gasteiger partial charge in [-0.25, -0.2) is 4.68 Å². The third-order valence-corrected chi connectivity index (χ3v) is 4.52. The first kappa shape index (κ1) is 16.1. The molecule has 2 aromatic carbocycles. The van der Waals surface area contributed by atoms with Crippen LogP contribution in [0.3, 0.4) is 0 Å². The summed E-state index contributed by atoms with van der Waals surface area (Å²) in [4.78, 5) is 14.6. The van der Waals surface area contributed by atoms with Crippen LogP contribution in [0.5, 0.6) is 0 Å². The van der Waals surface area contributed by atoms with Crippen molar-refractivity contribution in [2.24, 2.45) is 0 Å². The van der Waals surface area contributed by atoms with E-state index in [4.69, 9.17) is 0 Å². The van der Waals surface area contributed by atoms with E-state index in [2.05, 4.69) is 58.7 Å². The van der Waals surface area contributed by atoms with Crippen LogP contribution >= 0.6 is 0 Å². The SMILES string of the molecule is CCc1ccc(-n2cc(-c3ccc4[nH]cc(NC(C)=O)c4c3)cn2)cc1. The summed E-state index contributed by atoms with van der Waals surface area (Å²) in [5.41, 5.74) is 6.21. The molecule has 0 aliphatic rings. The van der Waals surface area contributed by atoms with Crippen molar-refractivity contribution in [3.63, 3.8) is 0 Å². The Labute approximate surface area is 151 Å². The number of carbonyl (C=O) groups excluding carboxylic acids is 1. The minimum atomic E-state index is -0.0837. The van der Waals surface area contributed by atoms with Gasteiger partial charge in [0.05, 0.1) is 17.6 Å². The monoisotopic (exact) mass is 344 g/mol. The fourth-order valence-corrected chi connectivity index (χ4v) is 3.09. The van der Waals surface area contributed by atoms with Crippen LogP contribution in [0.4, 0.5) is 5.69 Å². The number of hydrogen-bond donors (Lipinski definition) is 2. The first-order valence-electron chi connectivity index (χ1n) is 8.67. The predicted octanol–water partition coefficient (Wildman–Crippen LogP) is 4.54. The third-order valence-electron chi connectivity index (χ3n) is 4.52. The number of nitrogens with zero attached hydrogens (tertiary/aromatic N) is 2. The minimum Gasteiger partial charge on any atom is -0.359 e. The maximum atomic E-state index is 11.4. The number of carbonyl (C=O) groups is 1. The average molecular weight is 344 g/mol. The van der Waals surface area contributed by atoms with Crippen molar-refractivity contribution in [1.82, 2.24) is 14.8 Å². The summed E-state index contributed by atoms with van der Waals surface area (Å²) in [6, 6.07) is 14.6. The quantitative estimate of drug-likeness (QED) is 0.571. The van der Waals surface area contributed by atoms with Gasteiger partial charge in [0, 0.05) is 35.8 Å². The van der Waals surface area contributed by atoms with Crippen molar-refractivity contribution < 1.29 is 4.79 Å². The normalized spacial score (nSPS) is 11.0. The van der Waals surface area contributed by atoms with Crippen LogP contribution in [0.25, 0.3) is 27.7 Å². The Balaban J connectivity index is 1.69. The molecule has 4 rings (SSSR count). The predicted molar refractivity (Wildman–Crippen MR) is 105 cm³/mol. The molecule has 130 valence electrons. The number of aryl methyl sites for hydroxylation is 1. The van der Waals surface area contributed by atoms with Gasteiger partial charge in [-0.3, -0.25) is 4.79 Å². The first-order chi connectivity index (χ1) is 12.6. The van der Waals surface area contributed by atoms with Gasteiger partial charge in [-0.2, -0.15) is 5.10 Å². The van der Waals surface area contributed by atoms with Crippen LogP contribution in [-0.2, 0) is 11.2 Å². The summed E-state index contributed by atoms with van der Waals surface area (Å²) in [5, 5.41) is 8.34. The van der Waals surface area contributed by atoms with Gasteiger partial charge in [-0.15, -0.1) is 0 Å². The van der Waals surface area contributed by atoms with Crippen LogP contribution in [0.2, 0.25) is 0 Å². The Kier molecular flexibility index (Phi) is 4.05. The lowest BCUT2D eigenvalue weighted by molar-refractivity contribution is -0.114. The standard InChI is InChI=1S/C21H20N4O/c1-3-15-4-7-18(8-5-15)25-13-17(11-23-25)16-6-9-20-19(10-16)21(12-22-20)24-14(2)26/h4-13,22H,3H2,1-2H3,(H,24,26). The van der Waals surface area contributed by atoms with Gasteiger partial charge >= 0.3 is 0 Å². The maximum Gasteiger partial charge on any atom is 0.221 e. The lowest BCUT2D eigenvalue weighted by Crippen LogP contribution is -2.04. The molecule has 5 heteroatoms. The van der Waals surface area contributed by atoms with Gasteiger partial charge in [-0.1, -0.05) is 25.1 Å².